The van der Waals surface area contributed by atoms with E-state index in [-0.39, 0.29) is 0 Å². The van der Waals surface area contributed by atoms with Crippen LogP contribution in [-0.2, 0) is 0 Å². The van der Waals surface area contributed by atoms with Crippen molar-refractivity contribution in [1.82, 2.24) is 29.2 Å². The van der Waals surface area contributed by atoms with E-state index in [0.717, 1.165) is 54.8 Å². The van der Waals surface area contributed by atoms with Gasteiger partial charge in [0.2, 0.25) is 0 Å². The Morgan fingerprint density at radius 2 is 1.76 bits per heavy atom. The molecule has 1 fully saturated rings. The molecule has 0 bridgehead atoms. The Balaban J connectivity index is 1.39. The first kappa shape index (κ1) is 14.2. The maximum Gasteiger partial charge on any atom is 0.157 e. The summed E-state index contributed by atoms with van der Waals surface area (Å²) in [5, 5.41) is 9.06. The van der Waals surface area contributed by atoms with Gasteiger partial charge in [-0.25, -0.2) is 14.5 Å². The van der Waals surface area contributed by atoms with Crippen molar-refractivity contribution in [3.63, 3.8) is 0 Å². The number of piperazine rings is 1. The number of anilines is 2. The molecular formula is C17H18N8. The molecule has 1 aliphatic rings. The minimum atomic E-state index is 0.871. The first-order valence-corrected chi connectivity index (χ1v) is 8.40. The van der Waals surface area contributed by atoms with E-state index in [2.05, 4.69) is 36.0 Å². The summed E-state index contributed by atoms with van der Waals surface area (Å²) in [5.74, 6) is 2.09. The second-order valence-electron chi connectivity index (χ2n) is 6.25. The quantitative estimate of drug-likeness (QED) is 0.552. The number of imidazole rings is 1. The summed E-state index contributed by atoms with van der Waals surface area (Å²) in [6, 6.07) is 8.09. The Kier molecular flexibility index (Phi) is 3.09. The molecule has 126 valence electrons. The number of fused-ring (bicyclic) bond motifs is 2. The van der Waals surface area contributed by atoms with E-state index < -0.39 is 0 Å². The van der Waals surface area contributed by atoms with Gasteiger partial charge >= 0.3 is 0 Å². The molecule has 1 saturated heterocycles. The molecule has 0 aromatic carbocycles. The second-order valence-corrected chi connectivity index (χ2v) is 6.25. The van der Waals surface area contributed by atoms with Crippen LogP contribution < -0.4 is 9.80 Å². The highest BCUT2D eigenvalue weighted by Gasteiger charge is 2.21. The van der Waals surface area contributed by atoms with E-state index in [1.807, 2.05) is 40.4 Å². The Hall–Kier alpha value is -3.16. The molecule has 8 nitrogen and oxygen atoms in total. The SMILES string of the molecule is Cc1cc(N2CCN(c3ccc4nccn4n3)CC2)n2nccc2n1. The van der Waals surface area contributed by atoms with Gasteiger partial charge in [0.15, 0.2) is 11.3 Å². The molecule has 0 aliphatic carbocycles. The molecule has 0 radical (unpaired) electrons. The van der Waals surface area contributed by atoms with Gasteiger partial charge in [0.1, 0.15) is 11.6 Å². The highest BCUT2D eigenvalue weighted by Crippen LogP contribution is 2.21. The van der Waals surface area contributed by atoms with E-state index in [0.29, 0.717) is 0 Å². The van der Waals surface area contributed by atoms with Gasteiger partial charge in [-0.1, -0.05) is 0 Å². The average Bonchev–Trinajstić information content (AvgIpc) is 3.29. The fourth-order valence-electron chi connectivity index (χ4n) is 3.38. The van der Waals surface area contributed by atoms with Crippen molar-refractivity contribution in [3.8, 4) is 0 Å². The van der Waals surface area contributed by atoms with Crippen LogP contribution in [0.25, 0.3) is 11.3 Å². The molecule has 5 rings (SSSR count). The van der Waals surface area contributed by atoms with Crippen LogP contribution in [-0.4, -0.2) is 55.4 Å². The predicted octanol–water partition coefficient (Wildman–Crippen LogP) is 1.41. The minimum absolute atomic E-state index is 0.871. The smallest absolute Gasteiger partial charge is 0.157 e. The number of nitrogens with zero attached hydrogens (tertiary/aromatic N) is 8. The van der Waals surface area contributed by atoms with Crippen LogP contribution in [0.3, 0.4) is 0 Å². The van der Waals surface area contributed by atoms with Crippen molar-refractivity contribution >= 4 is 22.9 Å². The summed E-state index contributed by atoms with van der Waals surface area (Å²) >= 11 is 0. The number of hydrogen-bond acceptors (Lipinski definition) is 6. The Bertz CT molecular complexity index is 1040. The summed E-state index contributed by atoms with van der Waals surface area (Å²) < 4.78 is 3.74. The third-order valence-electron chi connectivity index (χ3n) is 4.64. The predicted molar refractivity (Wildman–Crippen MR) is 95.1 cm³/mol. The summed E-state index contributed by atoms with van der Waals surface area (Å²) in [7, 11) is 0. The molecule has 25 heavy (non-hydrogen) atoms. The van der Waals surface area contributed by atoms with Gasteiger partial charge in [-0.2, -0.15) is 9.61 Å². The molecular weight excluding hydrogens is 316 g/mol. The molecule has 8 heteroatoms. The summed E-state index contributed by atoms with van der Waals surface area (Å²) in [6.45, 7) is 5.69. The molecule has 0 atom stereocenters. The van der Waals surface area contributed by atoms with Crippen molar-refractivity contribution in [3.05, 3.63) is 48.5 Å². The van der Waals surface area contributed by atoms with Crippen LogP contribution >= 0.6 is 0 Å². The number of aryl methyl sites for hydroxylation is 1. The maximum absolute atomic E-state index is 4.65. The van der Waals surface area contributed by atoms with Crippen LogP contribution in [0, 0.1) is 6.92 Å². The average molecular weight is 334 g/mol. The van der Waals surface area contributed by atoms with Gasteiger partial charge in [0, 0.05) is 56.4 Å². The van der Waals surface area contributed by atoms with Crippen LogP contribution in [0.15, 0.2) is 42.9 Å². The lowest BCUT2D eigenvalue weighted by atomic mass is 10.3. The highest BCUT2D eigenvalue weighted by atomic mass is 15.4. The summed E-state index contributed by atoms with van der Waals surface area (Å²) in [4.78, 5) is 13.4. The standard InChI is InChI=1S/C17H18N8/c1-13-12-17(25-15(20-13)4-5-19-25)23-10-8-22(9-11-23)16-3-2-14-18-6-7-24(14)21-16/h2-7,12H,8-11H2,1H3. The van der Waals surface area contributed by atoms with Gasteiger partial charge in [0.25, 0.3) is 0 Å². The summed E-state index contributed by atoms with van der Waals surface area (Å²) in [6.07, 6.45) is 5.44. The molecule has 0 amide bonds. The van der Waals surface area contributed by atoms with Gasteiger partial charge in [-0.05, 0) is 19.1 Å². The Labute approximate surface area is 144 Å². The zero-order valence-electron chi connectivity index (χ0n) is 13.9. The van der Waals surface area contributed by atoms with E-state index >= 15 is 0 Å². The van der Waals surface area contributed by atoms with Gasteiger partial charge in [-0.15, -0.1) is 5.10 Å². The molecule has 4 aromatic rings. The molecule has 0 spiro atoms. The van der Waals surface area contributed by atoms with Crippen LogP contribution in [0.1, 0.15) is 5.69 Å². The van der Waals surface area contributed by atoms with Crippen molar-refractivity contribution in [2.75, 3.05) is 36.0 Å². The zero-order chi connectivity index (χ0) is 16.8. The van der Waals surface area contributed by atoms with Gasteiger partial charge in [0.05, 0.1) is 6.20 Å². The van der Waals surface area contributed by atoms with Crippen molar-refractivity contribution < 1.29 is 0 Å². The maximum atomic E-state index is 4.65. The lowest BCUT2D eigenvalue weighted by Crippen LogP contribution is -2.47. The van der Waals surface area contributed by atoms with Crippen molar-refractivity contribution in [2.45, 2.75) is 6.92 Å². The van der Waals surface area contributed by atoms with E-state index in [1.54, 1.807) is 12.4 Å². The first-order chi connectivity index (χ1) is 12.3. The summed E-state index contributed by atoms with van der Waals surface area (Å²) in [5.41, 5.74) is 2.78. The Morgan fingerprint density at radius 3 is 2.64 bits per heavy atom. The normalized spacial score (nSPS) is 15.4. The van der Waals surface area contributed by atoms with Gasteiger partial charge < -0.3 is 9.80 Å². The first-order valence-electron chi connectivity index (χ1n) is 8.40. The molecule has 0 N–H and O–H groups in total. The zero-order valence-corrected chi connectivity index (χ0v) is 13.9. The minimum Gasteiger partial charge on any atom is -0.353 e. The molecule has 4 aromatic heterocycles. The number of aromatic nitrogens is 6. The number of hydrogen-bond donors (Lipinski definition) is 0. The third kappa shape index (κ3) is 2.37. The van der Waals surface area contributed by atoms with Gasteiger partial charge in [-0.3, -0.25) is 0 Å². The second kappa shape index (κ2) is 5.44. The topological polar surface area (TPSA) is 66.9 Å². The largest absolute Gasteiger partial charge is 0.353 e. The molecule has 5 heterocycles. The Morgan fingerprint density at radius 1 is 0.920 bits per heavy atom. The van der Waals surface area contributed by atoms with E-state index in [1.165, 1.54) is 0 Å². The van der Waals surface area contributed by atoms with Crippen molar-refractivity contribution in [2.24, 2.45) is 0 Å². The van der Waals surface area contributed by atoms with Crippen LogP contribution in [0.4, 0.5) is 11.6 Å². The van der Waals surface area contributed by atoms with Crippen molar-refractivity contribution in [1.29, 1.82) is 0 Å². The van der Waals surface area contributed by atoms with E-state index in [4.69, 9.17) is 0 Å². The highest BCUT2D eigenvalue weighted by molar-refractivity contribution is 5.53. The number of rotatable bonds is 2. The third-order valence-corrected chi connectivity index (χ3v) is 4.64. The fourth-order valence-corrected chi connectivity index (χ4v) is 3.38. The van der Waals surface area contributed by atoms with Crippen LogP contribution in [0.2, 0.25) is 0 Å². The lowest BCUT2D eigenvalue weighted by Gasteiger charge is -2.36. The molecule has 1 aliphatic heterocycles. The lowest BCUT2D eigenvalue weighted by molar-refractivity contribution is 0.628. The van der Waals surface area contributed by atoms with E-state index in [9.17, 15) is 0 Å². The molecule has 0 unspecified atom stereocenters. The molecule has 0 saturated carbocycles. The monoisotopic (exact) mass is 334 g/mol. The fraction of sp³-hybridized carbons (Fsp3) is 0.294. The van der Waals surface area contributed by atoms with Crippen LogP contribution in [0.5, 0.6) is 0 Å².